The highest BCUT2D eigenvalue weighted by Gasteiger charge is 2.31. The summed E-state index contributed by atoms with van der Waals surface area (Å²) in [6.07, 6.45) is 0.788. The van der Waals surface area contributed by atoms with E-state index in [2.05, 4.69) is 40.5 Å². The van der Waals surface area contributed by atoms with Gasteiger partial charge in [0.2, 0.25) is 0 Å². The second-order valence-electron chi connectivity index (χ2n) is 6.38. The molecule has 0 saturated carbocycles. The van der Waals surface area contributed by atoms with E-state index in [1.54, 1.807) is 7.11 Å². The Morgan fingerprint density at radius 1 is 1.23 bits per heavy atom. The SMILES string of the molecule is CNC(=S)N1N=C(c2cccc(OC)c2)CC1c1ccc(N(C)C)cc1. The Morgan fingerprint density at radius 2 is 1.96 bits per heavy atom. The third kappa shape index (κ3) is 3.65. The van der Waals surface area contributed by atoms with E-state index in [4.69, 9.17) is 22.1 Å². The van der Waals surface area contributed by atoms with Crippen molar-refractivity contribution in [3.8, 4) is 5.75 Å². The van der Waals surface area contributed by atoms with Gasteiger partial charge in [0.25, 0.3) is 0 Å². The summed E-state index contributed by atoms with van der Waals surface area (Å²) in [5.41, 5.74) is 4.42. The summed E-state index contributed by atoms with van der Waals surface area (Å²) in [5.74, 6) is 0.826. The second kappa shape index (κ2) is 7.74. The van der Waals surface area contributed by atoms with Crippen molar-refractivity contribution in [3.05, 3.63) is 59.7 Å². The highest BCUT2D eigenvalue weighted by Crippen LogP contribution is 2.34. The molecule has 0 radical (unpaired) electrons. The molecule has 1 unspecified atom stereocenters. The number of benzene rings is 2. The molecule has 2 aromatic carbocycles. The molecule has 1 heterocycles. The lowest BCUT2D eigenvalue weighted by Crippen LogP contribution is -2.34. The van der Waals surface area contributed by atoms with Gasteiger partial charge in [0.1, 0.15) is 5.75 Å². The first kappa shape index (κ1) is 18.2. The zero-order valence-electron chi connectivity index (χ0n) is 15.6. The van der Waals surface area contributed by atoms with E-state index >= 15 is 0 Å². The summed E-state index contributed by atoms with van der Waals surface area (Å²) in [4.78, 5) is 2.09. The van der Waals surface area contributed by atoms with Crippen LogP contribution in [-0.2, 0) is 0 Å². The molecule has 136 valence electrons. The van der Waals surface area contributed by atoms with Crippen LogP contribution in [-0.4, -0.2) is 44.1 Å². The topological polar surface area (TPSA) is 40.1 Å². The second-order valence-corrected chi connectivity index (χ2v) is 6.77. The predicted molar refractivity (Wildman–Crippen MR) is 111 cm³/mol. The molecule has 0 aliphatic carbocycles. The molecular formula is C20H24N4OS. The number of nitrogens with one attached hydrogen (secondary N) is 1. The molecule has 1 aliphatic rings. The van der Waals surface area contributed by atoms with Crippen LogP contribution in [0.5, 0.6) is 5.75 Å². The number of rotatable bonds is 4. The summed E-state index contributed by atoms with van der Waals surface area (Å²) in [5, 5.41) is 10.4. The maximum Gasteiger partial charge on any atom is 0.189 e. The summed E-state index contributed by atoms with van der Waals surface area (Å²) in [6.45, 7) is 0. The van der Waals surface area contributed by atoms with Gasteiger partial charge in [-0.3, -0.25) is 0 Å². The minimum atomic E-state index is 0.0763. The van der Waals surface area contributed by atoms with Gasteiger partial charge in [-0.15, -0.1) is 0 Å². The van der Waals surface area contributed by atoms with Gasteiger partial charge in [0.15, 0.2) is 5.11 Å². The van der Waals surface area contributed by atoms with E-state index in [-0.39, 0.29) is 6.04 Å². The van der Waals surface area contributed by atoms with Gasteiger partial charge in [-0.05, 0) is 42.0 Å². The number of hydrogen-bond acceptors (Lipinski definition) is 4. The van der Waals surface area contributed by atoms with Gasteiger partial charge in [-0.25, -0.2) is 5.01 Å². The number of methoxy groups -OCH3 is 1. The Balaban J connectivity index is 1.92. The summed E-state index contributed by atoms with van der Waals surface area (Å²) in [6, 6.07) is 16.6. The average Bonchev–Trinajstić information content (AvgIpc) is 3.13. The molecule has 6 heteroatoms. The molecule has 5 nitrogen and oxygen atoms in total. The van der Waals surface area contributed by atoms with Gasteiger partial charge in [0.05, 0.1) is 18.9 Å². The lowest BCUT2D eigenvalue weighted by atomic mass is 9.98. The molecule has 0 bridgehead atoms. The van der Waals surface area contributed by atoms with Crippen molar-refractivity contribution < 1.29 is 4.74 Å². The molecule has 0 fully saturated rings. The number of anilines is 1. The van der Waals surface area contributed by atoms with Gasteiger partial charge >= 0.3 is 0 Å². The molecule has 0 saturated heterocycles. The van der Waals surface area contributed by atoms with E-state index in [1.807, 2.05) is 44.4 Å². The van der Waals surface area contributed by atoms with Crippen LogP contribution < -0.4 is 15.0 Å². The fourth-order valence-electron chi connectivity index (χ4n) is 3.04. The fraction of sp³-hybridized carbons (Fsp3) is 0.300. The molecule has 26 heavy (non-hydrogen) atoms. The molecule has 0 aromatic heterocycles. The quantitative estimate of drug-likeness (QED) is 0.838. The third-order valence-corrected chi connectivity index (χ3v) is 4.92. The molecule has 0 spiro atoms. The van der Waals surface area contributed by atoms with Crippen molar-refractivity contribution in [1.29, 1.82) is 0 Å². The van der Waals surface area contributed by atoms with E-state index in [0.29, 0.717) is 5.11 Å². The first-order chi connectivity index (χ1) is 12.5. The number of nitrogens with zero attached hydrogens (tertiary/aromatic N) is 3. The number of ether oxygens (including phenoxy) is 1. The Morgan fingerprint density at radius 3 is 2.58 bits per heavy atom. The molecular weight excluding hydrogens is 344 g/mol. The highest BCUT2D eigenvalue weighted by atomic mass is 32.1. The molecule has 1 N–H and O–H groups in total. The number of thiocarbonyl (C=S) groups is 1. The monoisotopic (exact) mass is 368 g/mol. The maximum atomic E-state index is 5.49. The van der Waals surface area contributed by atoms with Gasteiger partial charge < -0.3 is 15.0 Å². The minimum absolute atomic E-state index is 0.0763. The standard InChI is InChI=1S/C20H24N4OS/c1-21-20(26)24-19(14-8-10-16(11-9-14)23(2)3)13-18(22-24)15-6-5-7-17(12-15)25-4/h5-12,19H,13H2,1-4H3,(H,21,26). The van der Waals surface area contributed by atoms with Gasteiger partial charge in [-0.2, -0.15) is 5.10 Å². The highest BCUT2D eigenvalue weighted by molar-refractivity contribution is 7.80. The first-order valence-corrected chi connectivity index (χ1v) is 8.94. The van der Waals surface area contributed by atoms with Crippen molar-refractivity contribution in [2.75, 3.05) is 33.2 Å². The smallest absolute Gasteiger partial charge is 0.189 e. The number of hydrazone groups is 1. The Bertz CT molecular complexity index is 817. The van der Waals surface area contributed by atoms with Crippen molar-refractivity contribution in [2.45, 2.75) is 12.5 Å². The zero-order chi connectivity index (χ0) is 18.7. The molecule has 3 rings (SSSR count). The maximum absolute atomic E-state index is 5.49. The van der Waals surface area contributed by atoms with E-state index in [9.17, 15) is 0 Å². The molecule has 0 amide bonds. The first-order valence-electron chi connectivity index (χ1n) is 8.53. The largest absolute Gasteiger partial charge is 0.497 e. The van der Waals surface area contributed by atoms with Crippen LogP contribution in [0.15, 0.2) is 53.6 Å². The van der Waals surface area contributed by atoms with Crippen LogP contribution in [0, 0.1) is 0 Å². The van der Waals surface area contributed by atoms with Crippen molar-refractivity contribution in [2.24, 2.45) is 5.10 Å². The Kier molecular flexibility index (Phi) is 5.42. The van der Waals surface area contributed by atoms with Crippen LogP contribution in [0.2, 0.25) is 0 Å². The Labute approximate surface area is 160 Å². The van der Waals surface area contributed by atoms with Crippen LogP contribution in [0.25, 0.3) is 0 Å². The minimum Gasteiger partial charge on any atom is -0.497 e. The van der Waals surface area contributed by atoms with Crippen LogP contribution in [0.1, 0.15) is 23.6 Å². The third-order valence-electron chi connectivity index (χ3n) is 4.53. The lowest BCUT2D eigenvalue weighted by Gasteiger charge is -2.24. The summed E-state index contributed by atoms with van der Waals surface area (Å²) >= 11 is 5.49. The van der Waals surface area contributed by atoms with E-state index in [0.717, 1.165) is 23.4 Å². The summed E-state index contributed by atoms with van der Waals surface area (Å²) in [7, 11) is 7.58. The van der Waals surface area contributed by atoms with Crippen molar-refractivity contribution >= 4 is 28.7 Å². The van der Waals surface area contributed by atoms with E-state index < -0.39 is 0 Å². The molecule has 2 aromatic rings. The lowest BCUT2D eigenvalue weighted by molar-refractivity contribution is 0.367. The van der Waals surface area contributed by atoms with Crippen LogP contribution in [0.4, 0.5) is 5.69 Å². The fourth-order valence-corrected chi connectivity index (χ4v) is 3.21. The molecule has 1 atom stereocenters. The van der Waals surface area contributed by atoms with Crippen molar-refractivity contribution in [3.63, 3.8) is 0 Å². The Hall–Kier alpha value is -2.60. The van der Waals surface area contributed by atoms with Gasteiger partial charge in [0, 0.05) is 38.8 Å². The van der Waals surface area contributed by atoms with Crippen LogP contribution in [0.3, 0.4) is 0 Å². The van der Waals surface area contributed by atoms with Crippen LogP contribution >= 0.6 is 12.2 Å². The molecule has 1 aliphatic heterocycles. The average molecular weight is 369 g/mol. The van der Waals surface area contributed by atoms with Gasteiger partial charge in [-0.1, -0.05) is 24.3 Å². The number of hydrogen-bond donors (Lipinski definition) is 1. The normalized spacial score (nSPS) is 16.2. The summed E-state index contributed by atoms with van der Waals surface area (Å²) < 4.78 is 5.35. The van der Waals surface area contributed by atoms with E-state index in [1.165, 1.54) is 11.3 Å². The predicted octanol–water partition coefficient (Wildman–Crippen LogP) is 3.42. The van der Waals surface area contributed by atoms with Crippen molar-refractivity contribution in [1.82, 2.24) is 10.3 Å². The zero-order valence-corrected chi connectivity index (χ0v) is 16.4.